The summed E-state index contributed by atoms with van der Waals surface area (Å²) in [5, 5.41) is 8.59. The molecule has 1 N–H and O–H groups in total. The lowest BCUT2D eigenvalue weighted by Gasteiger charge is -2.00. The summed E-state index contributed by atoms with van der Waals surface area (Å²) in [6.45, 7) is 8.15. The second-order valence-corrected chi connectivity index (χ2v) is 4.31. The minimum Gasteiger partial charge on any atom is -0.497 e. The normalized spacial score (nSPS) is 12.2. The molecule has 0 heterocycles. The number of rotatable bonds is 7. The second-order valence-electron chi connectivity index (χ2n) is 4.31. The maximum absolute atomic E-state index is 10.5. The Kier molecular flexibility index (Phi) is 7.85. The van der Waals surface area contributed by atoms with Crippen molar-refractivity contribution in [2.45, 2.75) is 40.5 Å². The molecule has 0 aliphatic rings. The van der Waals surface area contributed by atoms with E-state index in [4.69, 9.17) is 9.84 Å². The summed E-state index contributed by atoms with van der Waals surface area (Å²) in [5.41, 5.74) is 2.79. The highest BCUT2D eigenvalue weighted by molar-refractivity contribution is 5.85. The second kappa shape index (κ2) is 8.62. The van der Waals surface area contributed by atoms with Crippen molar-refractivity contribution in [3.8, 4) is 0 Å². The fraction of sp³-hybridized carbons (Fsp3) is 0.500. The molecule has 0 aliphatic carbocycles. The molecule has 0 aromatic rings. The van der Waals surface area contributed by atoms with Gasteiger partial charge >= 0.3 is 5.97 Å². The van der Waals surface area contributed by atoms with Crippen molar-refractivity contribution in [3.05, 3.63) is 35.1 Å². The monoisotopic (exact) mass is 238 g/mol. The molecular formula is C14H22O3. The van der Waals surface area contributed by atoms with Crippen molar-refractivity contribution in [2.24, 2.45) is 0 Å². The summed E-state index contributed by atoms with van der Waals surface area (Å²) in [7, 11) is 0. The molecule has 0 atom stereocenters. The van der Waals surface area contributed by atoms with Gasteiger partial charge in [-0.25, -0.2) is 4.79 Å². The van der Waals surface area contributed by atoms with E-state index in [-0.39, 0.29) is 5.57 Å². The number of carboxylic acid groups (broad SMARTS) is 1. The minimum atomic E-state index is -0.950. The lowest BCUT2D eigenvalue weighted by Crippen LogP contribution is -1.97. The van der Waals surface area contributed by atoms with Crippen LogP contribution in [0.4, 0.5) is 0 Å². The van der Waals surface area contributed by atoms with Gasteiger partial charge in [-0.05, 0) is 46.6 Å². The zero-order chi connectivity index (χ0) is 13.3. The number of aliphatic carboxylic acids is 1. The van der Waals surface area contributed by atoms with E-state index < -0.39 is 5.97 Å². The Hall–Kier alpha value is -1.51. The fourth-order valence-corrected chi connectivity index (χ4v) is 1.10. The van der Waals surface area contributed by atoms with Crippen LogP contribution in [0.5, 0.6) is 0 Å². The molecule has 0 aromatic carbocycles. The predicted molar refractivity (Wildman–Crippen MR) is 69.8 cm³/mol. The molecule has 0 bridgehead atoms. The topological polar surface area (TPSA) is 46.5 Å². The van der Waals surface area contributed by atoms with Gasteiger partial charge in [0.2, 0.25) is 0 Å². The van der Waals surface area contributed by atoms with E-state index in [0.29, 0.717) is 6.61 Å². The van der Waals surface area contributed by atoms with Gasteiger partial charge in [-0.3, -0.25) is 0 Å². The van der Waals surface area contributed by atoms with Gasteiger partial charge in [-0.2, -0.15) is 0 Å². The van der Waals surface area contributed by atoms with Crippen molar-refractivity contribution < 1.29 is 14.6 Å². The third-order valence-corrected chi connectivity index (χ3v) is 2.22. The van der Waals surface area contributed by atoms with Gasteiger partial charge in [-0.1, -0.05) is 17.2 Å². The number of hydrogen-bond acceptors (Lipinski definition) is 2. The molecule has 0 saturated carbocycles. The average molecular weight is 238 g/mol. The van der Waals surface area contributed by atoms with Gasteiger partial charge < -0.3 is 9.84 Å². The molecule has 17 heavy (non-hydrogen) atoms. The number of allylic oxidation sites excluding steroid dienone is 3. The van der Waals surface area contributed by atoms with Crippen LogP contribution < -0.4 is 0 Å². The van der Waals surface area contributed by atoms with Crippen LogP contribution in [0, 0.1) is 0 Å². The van der Waals surface area contributed by atoms with E-state index in [1.165, 1.54) is 24.3 Å². The first kappa shape index (κ1) is 15.5. The molecule has 0 spiro atoms. The van der Waals surface area contributed by atoms with Crippen LogP contribution in [0.2, 0.25) is 0 Å². The van der Waals surface area contributed by atoms with Crippen LogP contribution >= 0.6 is 0 Å². The highest BCUT2D eigenvalue weighted by Crippen LogP contribution is 2.06. The average Bonchev–Trinajstić information content (AvgIpc) is 2.23. The van der Waals surface area contributed by atoms with Gasteiger partial charge in [0.1, 0.15) is 6.61 Å². The minimum absolute atomic E-state index is 0.209. The SMILES string of the molecule is CC(C)=CCC/C(C)=C/COC=C(C)C(=O)O. The van der Waals surface area contributed by atoms with Crippen molar-refractivity contribution in [1.29, 1.82) is 0 Å². The summed E-state index contributed by atoms with van der Waals surface area (Å²) in [6, 6.07) is 0. The van der Waals surface area contributed by atoms with Crippen LogP contribution in [0.3, 0.4) is 0 Å². The standard InChI is InChI=1S/C14H22O3/c1-11(2)6-5-7-12(3)8-9-17-10-13(4)14(15)16/h6,8,10H,5,7,9H2,1-4H3,(H,15,16)/b12-8+,13-10?. The third kappa shape index (κ3) is 9.42. The Bertz CT molecular complexity index is 331. The van der Waals surface area contributed by atoms with Gasteiger partial charge in [-0.15, -0.1) is 0 Å². The Morgan fingerprint density at radius 1 is 1.18 bits per heavy atom. The Morgan fingerprint density at radius 3 is 2.35 bits per heavy atom. The maximum Gasteiger partial charge on any atom is 0.334 e. The van der Waals surface area contributed by atoms with Crippen molar-refractivity contribution in [3.63, 3.8) is 0 Å². The van der Waals surface area contributed by atoms with E-state index in [2.05, 4.69) is 26.8 Å². The number of ether oxygens (including phenoxy) is 1. The van der Waals surface area contributed by atoms with E-state index in [0.717, 1.165) is 12.8 Å². The number of hydrogen-bond donors (Lipinski definition) is 1. The van der Waals surface area contributed by atoms with Crippen LogP contribution in [0.25, 0.3) is 0 Å². The third-order valence-electron chi connectivity index (χ3n) is 2.22. The van der Waals surface area contributed by atoms with Crippen molar-refractivity contribution in [1.82, 2.24) is 0 Å². The van der Waals surface area contributed by atoms with E-state index in [1.807, 2.05) is 6.08 Å². The van der Waals surface area contributed by atoms with Gasteiger partial charge in [0.05, 0.1) is 11.8 Å². The first-order valence-electron chi connectivity index (χ1n) is 5.74. The molecule has 0 aromatic heterocycles. The molecule has 0 saturated heterocycles. The smallest absolute Gasteiger partial charge is 0.334 e. The molecule has 0 unspecified atom stereocenters. The molecule has 3 heteroatoms. The lowest BCUT2D eigenvalue weighted by atomic mass is 10.1. The lowest BCUT2D eigenvalue weighted by molar-refractivity contribution is -0.132. The van der Waals surface area contributed by atoms with Gasteiger partial charge in [0, 0.05) is 0 Å². The summed E-state index contributed by atoms with van der Waals surface area (Å²) >= 11 is 0. The first-order chi connectivity index (χ1) is 7.93. The first-order valence-corrected chi connectivity index (χ1v) is 5.74. The molecule has 0 fully saturated rings. The van der Waals surface area contributed by atoms with E-state index >= 15 is 0 Å². The molecule has 0 aliphatic heterocycles. The summed E-state index contributed by atoms with van der Waals surface area (Å²) in [5.74, 6) is -0.950. The summed E-state index contributed by atoms with van der Waals surface area (Å²) in [6.07, 6.45) is 7.50. The van der Waals surface area contributed by atoms with Crippen molar-refractivity contribution >= 4 is 5.97 Å². The van der Waals surface area contributed by atoms with E-state index in [9.17, 15) is 4.79 Å². The highest BCUT2D eigenvalue weighted by atomic mass is 16.5. The van der Waals surface area contributed by atoms with Crippen LogP contribution in [-0.4, -0.2) is 17.7 Å². The van der Waals surface area contributed by atoms with Crippen molar-refractivity contribution in [2.75, 3.05) is 6.61 Å². The van der Waals surface area contributed by atoms with Gasteiger partial charge in [0.25, 0.3) is 0 Å². The zero-order valence-electron chi connectivity index (χ0n) is 11.1. The predicted octanol–water partition coefficient (Wildman–Crippen LogP) is 3.68. The fourth-order valence-electron chi connectivity index (χ4n) is 1.10. The van der Waals surface area contributed by atoms with Crippen LogP contribution in [0.15, 0.2) is 35.1 Å². The van der Waals surface area contributed by atoms with E-state index in [1.54, 1.807) is 0 Å². The highest BCUT2D eigenvalue weighted by Gasteiger charge is 1.98. The van der Waals surface area contributed by atoms with Crippen LogP contribution in [0.1, 0.15) is 40.5 Å². The molecule has 0 rings (SSSR count). The Balaban J connectivity index is 3.89. The molecule has 3 nitrogen and oxygen atoms in total. The number of carbonyl (C=O) groups is 1. The largest absolute Gasteiger partial charge is 0.497 e. The molecule has 96 valence electrons. The summed E-state index contributed by atoms with van der Waals surface area (Å²) in [4.78, 5) is 10.5. The summed E-state index contributed by atoms with van der Waals surface area (Å²) < 4.78 is 5.12. The zero-order valence-corrected chi connectivity index (χ0v) is 11.1. The molecule has 0 radical (unpaired) electrons. The maximum atomic E-state index is 10.5. The number of carboxylic acids is 1. The molecule has 0 amide bonds. The quantitative estimate of drug-likeness (QED) is 0.318. The van der Waals surface area contributed by atoms with Crippen LogP contribution in [-0.2, 0) is 9.53 Å². The Morgan fingerprint density at radius 2 is 1.82 bits per heavy atom. The Labute approximate surface area is 103 Å². The molecular weight excluding hydrogens is 216 g/mol. The van der Waals surface area contributed by atoms with Gasteiger partial charge in [0.15, 0.2) is 0 Å².